The molecule has 0 spiro atoms. The fourth-order valence-corrected chi connectivity index (χ4v) is 6.39. The first kappa shape index (κ1) is 30.5. The van der Waals surface area contributed by atoms with Crippen LogP contribution in [-0.4, -0.2) is 39.7 Å². The van der Waals surface area contributed by atoms with Crippen LogP contribution in [-0.2, 0) is 30.8 Å². The molecule has 1 amide bonds. The number of hydrogen-bond acceptors (Lipinski definition) is 8. The van der Waals surface area contributed by atoms with Crippen LogP contribution in [0.5, 0.6) is 5.75 Å². The molecule has 0 saturated carbocycles. The van der Waals surface area contributed by atoms with E-state index in [1.54, 1.807) is 24.3 Å². The second-order valence-corrected chi connectivity index (χ2v) is 11.9. The molecule has 0 saturated heterocycles. The normalized spacial score (nSPS) is 15.4. The van der Waals surface area contributed by atoms with Gasteiger partial charge in [-0.2, -0.15) is 5.09 Å². The molecule has 0 aliphatic rings. The first-order chi connectivity index (χ1) is 19.6. The number of pyridine rings is 1. The summed E-state index contributed by atoms with van der Waals surface area (Å²) in [7, 11) is -4.09. The number of rotatable bonds is 15. The molecular formula is C29H39N6O5P. The number of amides is 1. The molecule has 4 aromatic rings. The van der Waals surface area contributed by atoms with E-state index in [0.717, 1.165) is 29.3 Å². The van der Waals surface area contributed by atoms with Gasteiger partial charge in [0.25, 0.3) is 0 Å². The number of imidazole rings is 1. The Bertz CT molecular complexity index is 1550. The zero-order valence-corrected chi connectivity index (χ0v) is 24.9. The van der Waals surface area contributed by atoms with Gasteiger partial charge in [0.2, 0.25) is 5.91 Å². The maximum absolute atomic E-state index is 14.1. The second kappa shape index (κ2) is 13.0. The highest BCUT2D eigenvalue weighted by Crippen LogP contribution is 2.47. The lowest BCUT2D eigenvalue weighted by molar-refractivity contribution is -0.119. The van der Waals surface area contributed by atoms with Crippen molar-refractivity contribution in [3.8, 4) is 5.75 Å². The Hall–Kier alpha value is -3.50. The minimum Gasteiger partial charge on any atom is -0.413 e. The van der Waals surface area contributed by atoms with E-state index >= 15 is 0 Å². The zero-order chi connectivity index (χ0) is 29.6. The number of para-hydroxylation sites is 2. The largest absolute Gasteiger partial charge is 0.459 e. The zero-order valence-electron chi connectivity index (χ0n) is 24.0. The SMILES string of the molecule is CCCCC(C)(COP(=O)(N[C@@H](C)C(N)=O)Oc1ccccc1)n1c(COCC)nc2c(N)nc3ccccc3c21. The number of benzene rings is 2. The average Bonchev–Trinajstić information content (AvgIpc) is 3.36. The summed E-state index contributed by atoms with van der Waals surface area (Å²) in [5.41, 5.74) is 13.2. The molecule has 220 valence electrons. The van der Waals surface area contributed by atoms with Crippen molar-refractivity contribution in [2.24, 2.45) is 5.73 Å². The third-order valence-corrected chi connectivity index (χ3v) is 8.55. The Morgan fingerprint density at radius 1 is 1.12 bits per heavy atom. The maximum atomic E-state index is 14.1. The summed E-state index contributed by atoms with van der Waals surface area (Å²) in [4.78, 5) is 21.3. The third-order valence-electron chi connectivity index (χ3n) is 6.93. The van der Waals surface area contributed by atoms with Crippen LogP contribution in [0.15, 0.2) is 54.6 Å². The number of hydrogen-bond donors (Lipinski definition) is 3. The summed E-state index contributed by atoms with van der Waals surface area (Å²) >= 11 is 0. The summed E-state index contributed by atoms with van der Waals surface area (Å²) in [6.07, 6.45) is 2.42. The number of carbonyl (C=O) groups is 1. The number of nitrogens with zero attached hydrogens (tertiary/aromatic N) is 3. The van der Waals surface area contributed by atoms with E-state index in [1.165, 1.54) is 6.92 Å². The van der Waals surface area contributed by atoms with Crippen molar-refractivity contribution >= 4 is 41.4 Å². The molecule has 0 fully saturated rings. The molecule has 4 rings (SSSR count). The van der Waals surface area contributed by atoms with Crippen LogP contribution in [0, 0.1) is 0 Å². The van der Waals surface area contributed by atoms with Gasteiger partial charge in [0.15, 0.2) is 5.82 Å². The van der Waals surface area contributed by atoms with Gasteiger partial charge in [-0.15, -0.1) is 0 Å². The number of ether oxygens (including phenoxy) is 1. The van der Waals surface area contributed by atoms with E-state index in [9.17, 15) is 9.36 Å². The van der Waals surface area contributed by atoms with Crippen LogP contribution in [0.1, 0.15) is 52.8 Å². The number of nitrogen functional groups attached to an aromatic ring is 1. The highest BCUT2D eigenvalue weighted by Gasteiger charge is 2.38. The van der Waals surface area contributed by atoms with Gasteiger partial charge in [0, 0.05) is 12.0 Å². The van der Waals surface area contributed by atoms with Gasteiger partial charge in [0.1, 0.15) is 23.7 Å². The highest BCUT2D eigenvalue weighted by atomic mass is 31.2. The van der Waals surface area contributed by atoms with Crippen LogP contribution >= 0.6 is 7.75 Å². The molecular weight excluding hydrogens is 543 g/mol. The first-order valence-electron chi connectivity index (χ1n) is 13.8. The molecule has 0 aliphatic carbocycles. The van der Waals surface area contributed by atoms with Gasteiger partial charge in [-0.1, -0.05) is 56.2 Å². The first-order valence-corrected chi connectivity index (χ1v) is 15.3. The molecule has 3 atom stereocenters. The predicted molar refractivity (Wildman–Crippen MR) is 160 cm³/mol. The van der Waals surface area contributed by atoms with Gasteiger partial charge in [-0.3, -0.25) is 9.32 Å². The van der Waals surface area contributed by atoms with E-state index in [-0.39, 0.29) is 13.2 Å². The van der Waals surface area contributed by atoms with Crippen LogP contribution in [0.25, 0.3) is 21.9 Å². The Kier molecular flexibility index (Phi) is 9.65. The molecule has 5 N–H and O–H groups in total. The van der Waals surface area contributed by atoms with Crippen LogP contribution < -0.4 is 21.1 Å². The predicted octanol–water partition coefficient (Wildman–Crippen LogP) is 5.28. The van der Waals surface area contributed by atoms with E-state index in [4.69, 9.17) is 30.2 Å². The van der Waals surface area contributed by atoms with Crippen LogP contribution in [0.3, 0.4) is 0 Å². The molecule has 12 heteroatoms. The quantitative estimate of drug-likeness (QED) is 0.159. The smallest absolute Gasteiger partial charge is 0.413 e. The Labute approximate surface area is 240 Å². The van der Waals surface area contributed by atoms with Crippen molar-refractivity contribution in [1.82, 2.24) is 19.6 Å². The molecule has 0 radical (unpaired) electrons. The number of aromatic nitrogens is 3. The van der Waals surface area contributed by atoms with Gasteiger partial charge in [-0.05, 0) is 45.4 Å². The Morgan fingerprint density at radius 3 is 2.51 bits per heavy atom. The monoisotopic (exact) mass is 582 g/mol. The van der Waals surface area contributed by atoms with Crippen molar-refractivity contribution in [3.05, 3.63) is 60.4 Å². The summed E-state index contributed by atoms with van der Waals surface area (Å²) in [6, 6.07) is 15.4. The summed E-state index contributed by atoms with van der Waals surface area (Å²) in [5, 5.41) is 3.57. The van der Waals surface area contributed by atoms with Crippen molar-refractivity contribution in [2.75, 3.05) is 18.9 Å². The molecule has 2 heterocycles. The summed E-state index contributed by atoms with van der Waals surface area (Å²) < 4.78 is 34.0. The van der Waals surface area contributed by atoms with E-state index in [1.807, 2.05) is 44.2 Å². The number of carbonyl (C=O) groups excluding carboxylic acids is 1. The van der Waals surface area contributed by atoms with Crippen molar-refractivity contribution in [2.45, 2.75) is 65.1 Å². The van der Waals surface area contributed by atoms with Crippen molar-refractivity contribution in [3.63, 3.8) is 0 Å². The molecule has 41 heavy (non-hydrogen) atoms. The van der Waals surface area contributed by atoms with Gasteiger partial charge < -0.3 is 25.3 Å². The standard InChI is InChI=1S/C29H39N6O5P/c1-5-7-17-29(4,19-39-41(37,34-20(3)28(31)36)40-21-13-9-8-10-14-21)35-24(18-38-6-2)33-25-26(35)22-15-11-12-16-23(22)32-27(25)30/h8-16,20H,5-7,17-19H2,1-4H3,(H2,30,32)(H2,31,36)(H,34,37)/t20-,29?,41?/m0/s1. The Morgan fingerprint density at radius 2 is 1.83 bits per heavy atom. The number of unbranched alkanes of at least 4 members (excludes halogenated alkanes) is 1. The maximum Gasteiger partial charge on any atom is 0.459 e. The summed E-state index contributed by atoms with van der Waals surface area (Å²) in [6.45, 7) is 8.23. The fraction of sp³-hybridized carbons (Fsp3) is 0.414. The van der Waals surface area contributed by atoms with E-state index < -0.39 is 25.2 Å². The lowest BCUT2D eigenvalue weighted by Gasteiger charge is -2.35. The van der Waals surface area contributed by atoms with Crippen LogP contribution in [0.2, 0.25) is 0 Å². The average molecular weight is 583 g/mol. The molecule has 2 aromatic heterocycles. The van der Waals surface area contributed by atoms with Gasteiger partial charge in [0.05, 0.1) is 29.2 Å². The number of primary amides is 1. The molecule has 2 aromatic carbocycles. The molecule has 0 bridgehead atoms. The minimum absolute atomic E-state index is 0.0449. The van der Waals surface area contributed by atoms with E-state index in [0.29, 0.717) is 35.9 Å². The van der Waals surface area contributed by atoms with Crippen molar-refractivity contribution < 1.29 is 23.1 Å². The lowest BCUT2D eigenvalue weighted by Crippen LogP contribution is -2.41. The van der Waals surface area contributed by atoms with Gasteiger partial charge in [-0.25, -0.2) is 14.5 Å². The molecule has 11 nitrogen and oxygen atoms in total. The number of nitrogens with one attached hydrogen (secondary N) is 1. The summed E-state index contributed by atoms with van der Waals surface area (Å²) in [5.74, 6) is 0.591. The number of fused-ring (bicyclic) bond motifs is 3. The Balaban J connectivity index is 1.84. The minimum atomic E-state index is -4.09. The number of anilines is 1. The van der Waals surface area contributed by atoms with Crippen molar-refractivity contribution in [1.29, 1.82) is 0 Å². The van der Waals surface area contributed by atoms with Gasteiger partial charge >= 0.3 is 7.75 Å². The topological polar surface area (TPSA) is 157 Å². The lowest BCUT2D eigenvalue weighted by atomic mass is 9.94. The second-order valence-electron chi connectivity index (χ2n) is 10.2. The number of nitrogens with two attached hydrogens (primary N) is 2. The highest BCUT2D eigenvalue weighted by molar-refractivity contribution is 7.52. The van der Waals surface area contributed by atoms with Crippen LogP contribution in [0.4, 0.5) is 5.82 Å². The van der Waals surface area contributed by atoms with E-state index in [2.05, 4.69) is 21.6 Å². The molecule has 2 unspecified atom stereocenters. The molecule has 0 aliphatic heterocycles. The fourth-order valence-electron chi connectivity index (χ4n) is 4.76. The third kappa shape index (κ3) is 6.87.